The van der Waals surface area contributed by atoms with E-state index in [9.17, 15) is 4.79 Å². The van der Waals surface area contributed by atoms with Crippen molar-refractivity contribution in [2.45, 2.75) is 26.4 Å². The topological polar surface area (TPSA) is 35.8 Å². The molecule has 0 aliphatic carbocycles. The largest absolute Gasteiger partial charge is 0.444 e. The molecule has 1 amide bonds. The molecule has 0 aromatic heterocycles. The van der Waals surface area contributed by atoms with Gasteiger partial charge in [0.05, 0.1) is 27.2 Å². The number of ether oxygens (including phenoxy) is 1. The van der Waals surface area contributed by atoms with Crippen LogP contribution in [0.1, 0.15) is 20.8 Å². The molecule has 104 valence electrons. The summed E-state index contributed by atoms with van der Waals surface area (Å²) in [7, 11) is 3.81. The molecule has 0 saturated carbocycles. The molecule has 1 rings (SSSR count). The normalized spacial score (nSPS) is 16.6. The van der Waals surface area contributed by atoms with E-state index in [-0.39, 0.29) is 6.09 Å². The molecule has 0 aromatic rings. The summed E-state index contributed by atoms with van der Waals surface area (Å²) in [6.45, 7) is 8.36. The predicted molar refractivity (Wildman–Crippen MR) is 72.3 cm³/mol. The van der Waals surface area contributed by atoms with Crippen LogP contribution in [-0.4, -0.2) is 71.6 Å². The van der Waals surface area contributed by atoms with Gasteiger partial charge >= 0.3 is 11.4 Å². The summed E-state index contributed by atoms with van der Waals surface area (Å²) >= 11 is 6.16. The number of carbonyl (C=O) groups is 1. The Balaban J connectivity index is 2.50. The highest BCUT2D eigenvalue weighted by Crippen LogP contribution is 2.12. The second-order valence-electron chi connectivity index (χ2n) is 5.62. The van der Waals surface area contributed by atoms with Crippen molar-refractivity contribution in [3.05, 3.63) is 0 Å². The highest BCUT2D eigenvalue weighted by atomic mass is 35.5. The van der Waals surface area contributed by atoms with Crippen LogP contribution >= 0.6 is 11.6 Å². The van der Waals surface area contributed by atoms with Crippen LogP contribution in [0.4, 0.5) is 4.79 Å². The average Bonchev–Trinajstić information content (AvgIpc) is 2.26. The SMILES string of the molecule is C[N+](C)=C(Cl)N1CCN(C(=O)OC(C)(C)C)CC1. The van der Waals surface area contributed by atoms with Gasteiger partial charge in [-0.05, 0) is 20.8 Å². The van der Waals surface area contributed by atoms with Crippen LogP contribution in [0.3, 0.4) is 0 Å². The van der Waals surface area contributed by atoms with Gasteiger partial charge in [-0.3, -0.25) is 4.58 Å². The fourth-order valence-corrected chi connectivity index (χ4v) is 1.85. The zero-order chi connectivity index (χ0) is 13.9. The third-order valence-electron chi connectivity index (χ3n) is 2.56. The fourth-order valence-electron chi connectivity index (χ4n) is 1.68. The highest BCUT2D eigenvalue weighted by Gasteiger charge is 2.30. The minimum absolute atomic E-state index is 0.247. The first-order valence-corrected chi connectivity index (χ1v) is 6.51. The summed E-state index contributed by atoms with van der Waals surface area (Å²) in [5.41, 5.74) is -0.443. The summed E-state index contributed by atoms with van der Waals surface area (Å²) < 4.78 is 7.20. The molecule has 1 aliphatic rings. The molecule has 0 spiro atoms. The molecule has 0 radical (unpaired) electrons. The van der Waals surface area contributed by atoms with Crippen molar-refractivity contribution in [1.82, 2.24) is 9.80 Å². The van der Waals surface area contributed by atoms with E-state index in [0.29, 0.717) is 18.4 Å². The van der Waals surface area contributed by atoms with Crippen molar-refractivity contribution in [1.29, 1.82) is 0 Å². The van der Waals surface area contributed by atoms with Gasteiger partial charge in [0.15, 0.2) is 0 Å². The zero-order valence-corrected chi connectivity index (χ0v) is 12.6. The van der Waals surface area contributed by atoms with Gasteiger partial charge < -0.3 is 9.64 Å². The Labute approximate surface area is 114 Å². The fraction of sp³-hybridized carbons (Fsp3) is 0.833. The molecule has 0 aromatic carbocycles. The standard InChI is InChI=1S/C12H23ClN3O2/c1-12(2,3)18-11(17)16-8-6-15(7-9-16)10(13)14(4)5/h6-9H2,1-5H3/q+1. The number of rotatable bonds is 0. The molecular formula is C12H23ClN3O2+. The van der Waals surface area contributed by atoms with Gasteiger partial charge in [0.1, 0.15) is 18.7 Å². The van der Waals surface area contributed by atoms with Crippen molar-refractivity contribution >= 4 is 23.0 Å². The van der Waals surface area contributed by atoms with E-state index < -0.39 is 5.60 Å². The second-order valence-corrected chi connectivity index (χ2v) is 5.96. The maximum Gasteiger partial charge on any atom is 0.410 e. The molecule has 1 fully saturated rings. The first-order chi connectivity index (χ1) is 8.20. The number of hydrogen-bond donors (Lipinski definition) is 0. The van der Waals surface area contributed by atoms with Crippen LogP contribution in [0.5, 0.6) is 0 Å². The van der Waals surface area contributed by atoms with Gasteiger partial charge in [0.2, 0.25) is 0 Å². The van der Waals surface area contributed by atoms with Gasteiger partial charge in [-0.1, -0.05) is 0 Å². The maximum atomic E-state index is 11.9. The second kappa shape index (κ2) is 5.78. The van der Waals surface area contributed by atoms with Gasteiger partial charge in [0.25, 0.3) is 0 Å². The van der Waals surface area contributed by atoms with E-state index in [1.165, 1.54) is 0 Å². The van der Waals surface area contributed by atoms with Crippen molar-refractivity contribution in [2.75, 3.05) is 40.3 Å². The van der Waals surface area contributed by atoms with Gasteiger partial charge in [-0.25, -0.2) is 9.69 Å². The van der Waals surface area contributed by atoms with Crippen LogP contribution < -0.4 is 0 Å². The molecule has 1 aliphatic heterocycles. The molecule has 5 nitrogen and oxygen atoms in total. The number of piperazine rings is 1. The lowest BCUT2D eigenvalue weighted by Gasteiger charge is -2.32. The molecular weight excluding hydrogens is 254 g/mol. The maximum absolute atomic E-state index is 11.9. The van der Waals surface area contributed by atoms with Crippen molar-refractivity contribution in [3.63, 3.8) is 0 Å². The highest BCUT2D eigenvalue weighted by molar-refractivity contribution is 6.63. The predicted octanol–water partition coefficient (Wildman–Crippen LogP) is 1.41. The smallest absolute Gasteiger partial charge is 0.410 e. The Bertz CT molecular complexity index is 338. The Morgan fingerprint density at radius 1 is 1.11 bits per heavy atom. The Morgan fingerprint density at radius 2 is 1.56 bits per heavy atom. The van der Waals surface area contributed by atoms with E-state index >= 15 is 0 Å². The van der Waals surface area contributed by atoms with Crippen LogP contribution in [0.25, 0.3) is 0 Å². The van der Waals surface area contributed by atoms with E-state index in [1.54, 1.807) is 4.90 Å². The number of amides is 1. The van der Waals surface area contributed by atoms with Crippen molar-refractivity contribution < 1.29 is 14.1 Å². The van der Waals surface area contributed by atoms with Gasteiger partial charge in [-0.2, -0.15) is 0 Å². The lowest BCUT2D eigenvalue weighted by molar-refractivity contribution is -0.467. The molecule has 0 unspecified atom stereocenters. The average molecular weight is 277 g/mol. The molecule has 0 N–H and O–H groups in total. The van der Waals surface area contributed by atoms with E-state index in [0.717, 1.165) is 13.1 Å². The summed E-state index contributed by atoms with van der Waals surface area (Å²) in [6.07, 6.45) is -0.247. The van der Waals surface area contributed by atoms with Crippen LogP contribution in [0.15, 0.2) is 0 Å². The van der Waals surface area contributed by atoms with E-state index in [2.05, 4.69) is 4.90 Å². The first kappa shape index (κ1) is 15.1. The molecule has 0 atom stereocenters. The van der Waals surface area contributed by atoms with Crippen molar-refractivity contribution in [3.8, 4) is 0 Å². The molecule has 1 heterocycles. The zero-order valence-electron chi connectivity index (χ0n) is 11.9. The third-order valence-corrected chi connectivity index (χ3v) is 3.14. The number of nitrogens with zero attached hydrogens (tertiary/aromatic N) is 3. The lowest BCUT2D eigenvalue weighted by atomic mass is 10.2. The summed E-state index contributed by atoms with van der Waals surface area (Å²) in [4.78, 5) is 15.6. The first-order valence-electron chi connectivity index (χ1n) is 6.13. The Kier molecular flexibility index (Phi) is 4.85. The number of hydrogen-bond acceptors (Lipinski definition) is 2. The van der Waals surface area contributed by atoms with Gasteiger partial charge in [-0.15, -0.1) is 0 Å². The minimum Gasteiger partial charge on any atom is -0.444 e. The monoisotopic (exact) mass is 276 g/mol. The van der Waals surface area contributed by atoms with E-state index in [4.69, 9.17) is 16.3 Å². The molecule has 1 saturated heterocycles. The lowest BCUT2D eigenvalue weighted by Crippen LogP contribution is -2.51. The van der Waals surface area contributed by atoms with Crippen LogP contribution in [0.2, 0.25) is 0 Å². The minimum atomic E-state index is -0.443. The molecule has 6 heteroatoms. The number of halogens is 1. The number of amidine groups is 1. The van der Waals surface area contributed by atoms with Crippen molar-refractivity contribution in [2.24, 2.45) is 0 Å². The summed E-state index contributed by atoms with van der Waals surface area (Å²) in [5.74, 6) is 0. The summed E-state index contributed by atoms with van der Waals surface area (Å²) in [5, 5.41) is 0.707. The third kappa shape index (κ3) is 4.37. The van der Waals surface area contributed by atoms with Crippen LogP contribution in [-0.2, 0) is 4.74 Å². The molecule has 0 bridgehead atoms. The van der Waals surface area contributed by atoms with Gasteiger partial charge in [0, 0.05) is 11.6 Å². The molecule has 18 heavy (non-hydrogen) atoms. The Morgan fingerprint density at radius 3 is 1.94 bits per heavy atom. The van der Waals surface area contributed by atoms with E-state index in [1.807, 2.05) is 39.4 Å². The number of carbonyl (C=O) groups excluding carboxylic acids is 1. The quantitative estimate of drug-likeness (QED) is 0.290. The van der Waals surface area contributed by atoms with Crippen LogP contribution in [0, 0.1) is 0 Å². The summed E-state index contributed by atoms with van der Waals surface area (Å²) in [6, 6.07) is 0. The Hall–Kier alpha value is -0.970.